The number of halogens is 1. The topological polar surface area (TPSA) is 76.0 Å². The Hall–Kier alpha value is -2.64. The van der Waals surface area contributed by atoms with Gasteiger partial charge in [-0.05, 0) is 49.1 Å². The number of hydrogen-bond acceptors (Lipinski definition) is 4. The molecule has 3 aromatic rings. The number of benzene rings is 1. The van der Waals surface area contributed by atoms with Crippen LogP contribution in [0.1, 0.15) is 33.3 Å². The molecule has 0 saturated heterocycles. The van der Waals surface area contributed by atoms with Crippen molar-refractivity contribution in [3.8, 4) is 0 Å². The Morgan fingerprint density at radius 3 is 2.73 bits per heavy atom. The summed E-state index contributed by atoms with van der Waals surface area (Å²) < 4.78 is 1.67. The van der Waals surface area contributed by atoms with Crippen molar-refractivity contribution in [2.45, 2.75) is 20.4 Å². The molecule has 2 heterocycles. The minimum absolute atomic E-state index is 0.303. The lowest BCUT2D eigenvalue weighted by molar-refractivity contribution is 0.102. The largest absolute Gasteiger partial charge is 0.322 e. The summed E-state index contributed by atoms with van der Waals surface area (Å²) in [6.07, 6.45) is 1.73. The van der Waals surface area contributed by atoms with Gasteiger partial charge in [-0.15, -0.1) is 11.3 Å². The van der Waals surface area contributed by atoms with Gasteiger partial charge in [0.15, 0.2) is 5.69 Å². The molecule has 8 heteroatoms. The maximum atomic E-state index is 12.6. The summed E-state index contributed by atoms with van der Waals surface area (Å²) in [5, 5.41) is 12.6. The van der Waals surface area contributed by atoms with Gasteiger partial charge < -0.3 is 10.6 Å². The highest BCUT2D eigenvalue weighted by Gasteiger charge is 2.18. The van der Waals surface area contributed by atoms with E-state index in [-0.39, 0.29) is 11.8 Å². The Morgan fingerprint density at radius 2 is 2.00 bits per heavy atom. The second-order valence-corrected chi connectivity index (χ2v) is 6.86. The molecule has 0 fully saturated rings. The lowest BCUT2D eigenvalue weighted by atomic mass is 10.2. The maximum absolute atomic E-state index is 12.6. The van der Waals surface area contributed by atoms with Crippen molar-refractivity contribution < 1.29 is 9.59 Å². The third kappa shape index (κ3) is 3.79. The number of amides is 2. The van der Waals surface area contributed by atoms with E-state index in [1.165, 1.54) is 11.3 Å². The van der Waals surface area contributed by atoms with Crippen molar-refractivity contribution in [1.29, 1.82) is 0 Å². The van der Waals surface area contributed by atoms with Crippen molar-refractivity contribution in [3.63, 3.8) is 0 Å². The number of anilines is 2. The van der Waals surface area contributed by atoms with Gasteiger partial charge in [-0.25, -0.2) is 0 Å². The lowest BCUT2D eigenvalue weighted by Crippen LogP contribution is -2.17. The van der Waals surface area contributed by atoms with Gasteiger partial charge in [-0.3, -0.25) is 14.3 Å². The van der Waals surface area contributed by atoms with Crippen LogP contribution in [0.25, 0.3) is 0 Å². The summed E-state index contributed by atoms with van der Waals surface area (Å²) in [4.78, 5) is 25.0. The summed E-state index contributed by atoms with van der Waals surface area (Å²) in [5.74, 6) is -0.668. The molecule has 3 rings (SSSR count). The fraction of sp³-hybridized carbons (Fsp3) is 0.167. The molecule has 0 aliphatic rings. The van der Waals surface area contributed by atoms with Gasteiger partial charge in [-0.2, -0.15) is 5.10 Å². The zero-order chi connectivity index (χ0) is 18.7. The van der Waals surface area contributed by atoms with E-state index < -0.39 is 0 Å². The van der Waals surface area contributed by atoms with Crippen LogP contribution in [0.5, 0.6) is 0 Å². The molecular weight excluding hydrogens is 372 g/mol. The Morgan fingerprint density at radius 1 is 1.19 bits per heavy atom. The van der Waals surface area contributed by atoms with Crippen LogP contribution in [0.2, 0.25) is 5.02 Å². The van der Waals surface area contributed by atoms with Gasteiger partial charge in [0.05, 0.1) is 5.56 Å². The van der Waals surface area contributed by atoms with Gasteiger partial charge in [-0.1, -0.05) is 17.7 Å². The molecule has 134 valence electrons. The second kappa shape index (κ2) is 7.72. The lowest BCUT2D eigenvalue weighted by Gasteiger charge is -2.10. The minimum atomic E-state index is -0.354. The molecule has 0 aliphatic heterocycles. The van der Waals surface area contributed by atoms with Crippen molar-refractivity contribution in [1.82, 2.24) is 9.78 Å². The molecule has 0 bridgehead atoms. The second-order valence-electron chi connectivity index (χ2n) is 5.54. The summed E-state index contributed by atoms with van der Waals surface area (Å²) in [7, 11) is 0. The highest BCUT2D eigenvalue weighted by atomic mass is 35.5. The Bertz CT molecular complexity index is 964. The van der Waals surface area contributed by atoms with E-state index >= 15 is 0 Å². The van der Waals surface area contributed by atoms with Gasteiger partial charge >= 0.3 is 0 Å². The average molecular weight is 389 g/mol. The first kappa shape index (κ1) is 18.2. The van der Waals surface area contributed by atoms with Crippen molar-refractivity contribution in [2.75, 3.05) is 10.6 Å². The number of carbonyl (C=O) groups excluding carboxylic acids is 2. The predicted molar refractivity (Wildman–Crippen MR) is 104 cm³/mol. The number of aromatic nitrogens is 2. The molecule has 2 aromatic heterocycles. The van der Waals surface area contributed by atoms with E-state index in [2.05, 4.69) is 15.7 Å². The van der Waals surface area contributed by atoms with E-state index in [0.29, 0.717) is 33.5 Å². The fourth-order valence-corrected chi connectivity index (χ4v) is 3.30. The van der Waals surface area contributed by atoms with Crippen molar-refractivity contribution in [2.24, 2.45) is 0 Å². The molecule has 1 aromatic carbocycles. The zero-order valence-corrected chi connectivity index (χ0v) is 15.8. The smallest absolute Gasteiger partial charge is 0.276 e. The first-order valence-electron chi connectivity index (χ1n) is 7.98. The number of nitrogens with zero attached hydrogens (tertiary/aromatic N) is 2. The van der Waals surface area contributed by atoms with E-state index in [4.69, 9.17) is 11.6 Å². The highest BCUT2D eigenvalue weighted by molar-refractivity contribution is 7.14. The van der Waals surface area contributed by atoms with Crippen LogP contribution in [0.4, 0.5) is 10.7 Å². The normalized spacial score (nSPS) is 10.6. The molecule has 0 spiro atoms. The van der Waals surface area contributed by atoms with Crippen LogP contribution in [-0.4, -0.2) is 21.6 Å². The van der Waals surface area contributed by atoms with Crippen LogP contribution in [0.15, 0.2) is 41.9 Å². The Balaban J connectivity index is 1.76. The molecule has 0 aliphatic carbocycles. The molecule has 26 heavy (non-hydrogen) atoms. The molecule has 0 atom stereocenters. The van der Waals surface area contributed by atoms with Gasteiger partial charge in [0.25, 0.3) is 11.8 Å². The van der Waals surface area contributed by atoms with Crippen LogP contribution in [-0.2, 0) is 6.54 Å². The van der Waals surface area contributed by atoms with Crippen LogP contribution in [0, 0.1) is 6.92 Å². The third-order valence-corrected chi connectivity index (χ3v) is 5.09. The number of rotatable bonds is 5. The first-order valence-corrected chi connectivity index (χ1v) is 9.24. The van der Waals surface area contributed by atoms with Crippen LogP contribution in [0.3, 0.4) is 0 Å². The molecule has 0 unspecified atom stereocenters. The fourth-order valence-electron chi connectivity index (χ4n) is 2.34. The molecule has 2 amide bonds. The summed E-state index contributed by atoms with van der Waals surface area (Å²) in [5.41, 5.74) is 2.11. The van der Waals surface area contributed by atoms with E-state index in [0.717, 1.165) is 5.56 Å². The SMILES string of the molecule is CCn1ccc(C(=O)Nc2sccc2C(=O)Nc2cccc(Cl)c2C)n1. The maximum Gasteiger partial charge on any atom is 0.276 e. The van der Waals surface area contributed by atoms with E-state index in [1.54, 1.807) is 46.6 Å². The monoisotopic (exact) mass is 388 g/mol. The molecule has 0 saturated carbocycles. The van der Waals surface area contributed by atoms with Crippen LogP contribution < -0.4 is 10.6 Å². The minimum Gasteiger partial charge on any atom is -0.322 e. The predicted octanol–water partition coefficient (Wildman–Crippen LogP) is 4.43. The molecular formula is C18H17ClN4O2S. The number of carbonyl (C=O) groups is 2. The first-order chi connectivity index (χ1) is 12.5. The number of nitrogens with one attached hydrogen (secondary N) is 2. The summed E-state index contributed by atoms with van der Waals surface area (Å²) >= 11 is 7.37. The van der Waals surface area contributed by atoms with Gasteiger partial charge in [0, 0.05) is 23.5 Å². The third-order valence-electron chi connectivity index (χ3n) is 3.85. The summed E-state index contributed by atoms with van der Waals surface area (Å²) in [6.45, 7) is 4.45. The number of thiophene rings is 1. The summed E-state index contributed by atoms with van der Waals surface area (Å²) in [6, 6.07) is 8.62. The Labute approximate surface area is 159 Å². The Kier molecular flexibility index (Phi) is 5.39. The van der Waals surface area contributed by atoms with Crippen molar-refractivity contribution >= 4 is 45.4 Å². The molecule has 0 radical (unpaired) electrons. The van der Waals surface area contributed by atoms with Crippen molar-refractivity contribution in [3.05, 3.63) is 63.8 Å². The molecule has 6 nitrogen and oxygen atoms in total. The highest BCUT2D eigenvalue weighted by Crippen LogP contribution is 2.27. The van der Waals surface area contributed by atoms with Gasteiger partial charge in [0.2, 0.25) is 0 Å². The van der Waals surface area contributed by atoms with E-state index in [9.17, 15) is 9.59 Å². The van der Waals surface area contributed by atoms with E-state index in [1.807, 2.05) is 13.8 Å². The zero-order valence-electron chi connectivity index (χ0n) is 14.2. The average Bonchev–Trinajstić information content (AvgIpc) is 3.28. The standard InChI is InChI=1S/C18H17ClN4O2S/c1-3-23-9-7-15(22-23)17(25)21-18-12(8-10-26-18)16(24)20-14-6-4-5-13(19)11(14)2/h4-10H,3H2,1-2H3,(H,20,24)(H,21,25). The number of aryl methyl sites for hydroxylation is 1. The molecule has 2 N–H and O–H groups in total. The van der Waals surface area contributed by atoms with Crippen LogP contribution >= 0.6 is 22.9 Å². The quantitative estimate of drug-likeness (QED) is 0.678. The van der Waals surface area contributed by atoms with Gasteiger partial charge in [0.1, 0.15) is 5.00 Å². The number of hydrogen-bond donors (Lipinski definition) is 2.